The summed E-state index contributed by atoms with van der Waals surface area (Å²) in [5, 5.41) is 3.09. The van der Waals surface area contributed by atoms with Gasteiger partial charge in [-0.25, -0.2) is 0 Å². The SMILES string of the molecule is C=C(NC)c1ccc(C(CC(C)C)C(C)C)cc1. The maximum absolute atomic E-state index is 3.99. The van der Waals surface area contributed by atoms with Gasteiger partial charge >= 0.3 is 0 Å². The molecule has 1 atom stereocenters. The zero-order valence-electron chi connectivity index (χ0n) is 12.5. The Morgan fingerprint density at radius 3 is 2.06 bits per heavy atom. The molecule has 0 heterocycles. The maximum Gasteiger partial charge on any atom is 0.0338 e. The minimum atomic E-state index is 0.655. The van der Waals surface area contributed by atoms with Gasteiger partial charge in [0.2, 0.25) is 0 Å². The zero-order chi connectivity index (χ0) is 13.7. The molecule has 0 aliphatic rings. The Kier molecular flexibility index (Phi) is 5.46. The van der Waals surface area contributed by atoms with Crippen molar-refractivity contribution in [3.05, 3.63) is 42.0 Å². The summed E-state index contributed by atoms with van der Waals surface area (Å²) in [5.74, 6) is 2.08. The normalized spacial score (nSPS) is 12.8. The Hall–Kier alpha value is -1.24. The van der Waals surface area contributed by atoms with Gasteiger partial charge in [0.1, 0.15) is 0 Å². The lowest BCUT2D eigenvalue weighted by Gasteiger charge is -2.23. The number of rotatable bonds is 6. The largest absolute Gasteiger partial charge is 0.388 e. The fourth-order valence-electron chi connectivity index (χ4n) is 2.38. The van der Waals surface area contributed by atoms with Gasteiger partial charge in [0.05, 0.1) is 0 Å². The molecule has 1 aromatic rings. The van der Waals surface area contributed by atoms with Gasteiger partial charge in [0.15, 0.2) is 0 Å². The van der Waals surface area contributed by atoms with Crippen molar-refractivity contribution >= 4 is 5.70 Å². The molecule has 0 saturated heterocycles. The molecule has 1 nitrogen and oxygen atoms in total. The summed E-state index contributed by atoms with van der Waals surface area (Å²) >= 11 is 0. The molecule has 0 fully saturated rings. The average Bonchev–Trinajstić information content (AvgIpc) is 2.34. The van der Waals surface area contributed by atoms with Crippen molar-refractivity contribution < 1.29 is 0 Å². The Morgan fingerprint density at radius 2 is 1.67 bits per heavy atom. The van der Waals surface area contributed by atoms with Gasteiger partial charge in [0, 0.05) is 12.7 Å². The molecule has 0 aliphatic carbocycles. The number of nitrogens with one attached hydrogen (secondary N) is 1. The Morgan fingerprint density at radius 1 is 1.11 bits per heavy atom. The van der Waals surface area contributed by atoms with E-state index in [0.717, 1.165) is 11.6 Å². The summed E-state index contributed by atoms with van der Waals surface area (Å²) in [7, 11) is 1.91. The van der Waals surface area contributed by atoms with Crippen LogP contribution in [0, 0.1) is 11.8 Å². The molecule has 100 valence electrons. The minimum Gasteiger partial charge on any atom is -0.388 e. The highest BCUT2D eigenvalue weighted by Crippen LogP contribution is 2.31. The van der Waals surface area contributed by atoms with E-state index >= 15 is 0 Å². The molecule has 0 aliphatic heterocycles. The molecule has 0 bridgehead atoms. The van der Waals surface area contributed by atoms with Crippen molar-refractivity contribution in [3.8, 4) is 0 Å². The highest BCUT2D eigenvalue weighted by molar-refractivity contribution is 5.61. The van der Waals surface area contributed by atoms with E-state index in [4.69, 9.17) is 0 Å². The van der Waals surface area contributed by atoms with Crippen LogP contribution in [0.25, 0.3) is 5.70 Å². The second kappa shape index (κ2) is 6.63. The molecular formula is C17H27N. The van der Waals surface area contributed by atoms with Gasteiger partial charge in [-0.2, -0.15) is 0 Å². The highest BCUT2D eigenvalue weighted by atomic mass is 14.8. The van der Waals surface area contributed by atoms with Crippen LogP contribution in [-0.4, -0.2) is 7.05 Å². The fraction of sp³-hybridized carbons (Fsp3) is 0.529. The lowest BCUT2D eigenvalue weighted by molar-refractivity contribution is 0.408. The van der Waals surface area contributed by atoms with Crippen LogP contribution in [-0.2, 0) is 0 Å². The quantitative estimate of drug-likeness (QED) is 0.768. The summed E-state index contributed by atoms with van der Waals surface area (Å²) in [6.45, 7) is 13.2. The van der Waals surface area contributed by atoms with Crippen molar-refractivity contribution in [3.63, 3.8) is 0 Å². The standard InChI is InChI=1S/C17H27N/c1-12(2)11-17(13(3)4)16-9-7-15(8-10-16)14(5)18-6/h7-10,12-13,17-18H,5,11H2,1-4,6H3. The minimum absolute atomic E-state index is 0.655. The summed E-state index contributed by atoms with van der Waals surface area (Å²) in [5.41, 5.74) is 3.60. The topological polar surface area (TPSA) is 12.0 Å². The van der Waals surface area contributed by atoms with Crippen molar-refractivity contribution in [2.24, 2.45) is 11.8 Å². The monoisotopic (exact) mass is 245 g/mol. The van der Waals surface area contributed by atoms with E-state index in [2.05, 4.69) is 63.9 Å². The van der Waals surface area contributed by atoms with E-state index in [1.54, 1.807) is 0 Å². The summed E-state index contributed by atoms with van der Waals surface area (Å²) < 4.78 is 0. The molecule has 1 N–H and O–H groups in total. The van der Waals surface area contributed by atoms with E-state index in [9.17, 15) is 0 Å². The van der Waals surface area contributed by atoms with Crippen LogP contribution >= 0.6 is 0 Å². The van der Waals surface area contributed by atoms with Crippen LogP contribution < -0.4 is 5.32 Å². The number of hydrogen-bond acceptors (Lipinski definition) is 1. The first-order valence-corrected chi connectivity index (χ1v) is 6.92. The van der Waals surface area contributed by atoms with Gasteiger partial charge < -0.3 is 5.32 Å². The number of benzene rings is 1. The molecule has 18 heavy (non-hydrogen) atoms. The molecule has 1 rings (SSSR count). The molecule has 0 spiro atoms. The van der Waals surface area contributed by atoms with Crippen molar-refractivity contribution in [1.82, 2.24) is 5.32 Å². The first-order chi connectivity index (χ1) is 8.45. The number of hydrogen-bond donors (Lipinski definition) is 1. The van der Waals surface area contributed by atoms with Gasteiger partial charge in [0.25, 0.3) is 0 Å². The maximum atomic E-state index is 3.99. The fourth-order valence-corrected chi connectivity index (χ4v) is 2.38. The summed E-state index contributed by atoms with van der Waals surface area (Å²) in [6, 6.07) is 8.85. The van der Waals surface area contributed by atoms with Crippen molar-refractivity contribution in [1.29, 1.82) is 0 Å². The third-order valence-electron chi connectivity index (χ3n) is 3.52. The van der Waals surface area contributed by atoms with E-state index in [1.807, 2.05) is 7.05 Å². The molecular weight excluding hydrogens is 218 g/mol. The van der Waals surface area contributed by atoms with E-state index in [-0.39, 0.29) is 0 Å². The lowest BCUT2D eigenvalue weighted by Crippen LogP contribution is -2.10. The third-order valence-corrected chi connectivity index (χ3v) is 3.52. The van der Waals surface area contributed by atoms with Crippen LogP contribution in [0.3, 0.4) is 0 Å². The van der Waals surface area contributed by atoms with Crippen LogP contribution in [0.5, 0.6) is 0 Å². The molecule has 1 heteroatoms. The van der Waals surface area contributed by atoms with Crippen LogP contribution in [0.2, 0.25) is 0 Å². The van der Waals surface area contributed by atoms with Crippen molar-refractivity contribution in [2.75, 3.05) is 7.05 Å². The second-order valence-corrected chi connectivity index (χ2v) is 5.83. The molecule has 0 amide bonds. The predicted molar refractivity (Wildman–Crippen MR) is 81.6 cm³/mol. The second-order valence-electron chi connectivity index (χ2n) is 5.83. The first kappa shape index (κ1) is 14.8. The smallest absolute Gasteiger partial charge is 0.0338 e. The molecule has 1 aromatic carbocycles. The molecule has 1 unspecified atom stereocenters. The Bertz CT molecular complexity index is 373. The summed E-state index contributed by atoms with van der Waals surface area (Å²) in [4.78, 5) is 0. The summed E-state index contributed by atoms with van der Waals surface area (Å²) in [6.07, 6.45) is 1.25. The van der Waals surface area contributed by atoms with Gasteiger partial charge in [-0.05, 0) is 35.3 Å². The van der Waals surface area contributed by atoms with E-state index < -0.39 is 0 Å². The van der Waals surface area contributed by atoms with Gasteiger partial charge in [-0.1, -0.05) is 58.5 Å². The zero-order valence-corrected chi connectivity index (χ0v) is 12.5. The average molecular weight is 245 g/mol. The third kappa shape index (κ3) is 3.90. The molecule has 0 radical (unpaired) electrons. The van der Waals surface area contributed by atoms with E-state index in [0.29, 0.717) is 11.8 Å². The molecule has 0 saturated carbocycles. The Labute approximate surface area is 112 Å². The Balaban J connectivity index is 2.90. The lowest BCUT2D eigenvalue weighted by atomic mass is 9.82. The van der Waals surface area contributed by atoms with Crippen LogP contribution in [0.15, 0.2) is 30.8 Å². The van der Waals surface area contributed by atoms with Crippen molar-refractivity contribution in [2.45, 2.75) is 40.0 Å². The van der Waals surface area contributed by atoms with Gasteiger partial charge in [-0.3, -0.25) is 0 Å². The first-order valence-electron chi connectivity index (χ1n) is 6.92. The highest BCUT2D eigenvalue weighted by Gasteiger charge is 2.17. The van der Waals surface area contributed by atoms with Gasteiger partial charge in [-0.15, -0.1) is 0 Å². The molecule has 0 aromatic heterocycles. The van der Waals surface area contributed by atoms with E-state index in [1.165, 1.54) is 17.5 Å². The van der Waals surface area contributed by atoms with Crippen LogP contribution in [0.4, 0.5) is 0 Å². The predicted octanol–water partition coefficient (Wildman–Crippen LogP) is 4.66. The van der Waals surface area contributed by atoms with Crippen LogP contribution in [0.1, 0.15) is 51.2 Å².